The molecule has 1 aliphatic heterocycles. The molecule has 9 heteroatoms. The lowest BCUT2D eigenvalue weighted by Crippen LogP contribution is -2.47. The summed E-state index contributed by atoms with van der Waals surface area (Å²) in [5.41, 5.74) is 0.800. The number of benzene rings is 3. The lowest BCUT2D eigenvalue weighted by Gasteiger charge is -2.32. The van der Waals surface area contributed by atoms with Crippen LogP contribution in [-0.2, 0) is 30.9 Å². The van der Waals surface area contributed by atoms with E-state index in [9.17, 15) is 18.0 Å². The monoisotopic (exact) mass is 549 g/mol. The lowest BCUT2D eigenvalue weighted by molar-refractivity contribution is -0.164. The average Bonchev–Trinajstić information content (AvgIpc) is 2.92. The van der Waals surface area contributed by atoms with Gasteiger partial charge in [0.05, 0.1) is 34.7 Å². The van der Waals surface area contributed by atoms with Crippen LogP contribution in [0.3, 0.4) is 0 Å². The molecule has 8 nitrogen and oxygen atoms in total. The largest absolute Gasteiger partial charge is 0.460 e. The summed E-state index contributed by atoms with van der Waals surface area (Å²) in [6.07, 6.45) is 0.452. The molecule has 1 fully saturated rings. The Kier molecular flexibility index (Phi) is 8.72. The highest BCUT2D eigenvalue weighted by Gasteiger charge is 2.39. The summed E-state index contributed by atoms with van der Waals surface area (Å²) in [6.45, 7) is 6.36. The summed E-state index contributed by atoms with van der Waals surface area (Å²) in [5.74, 6) is -2.06. The fraction of sp³-hybridized carbons (Fsp3) is 0.333. The van der Waals surface area contributed by atoms with Crippen molar-refractivity contribution in [2.75, 3.05) is 22.7 Å². The number of para-hydroxylation sites is 2. The number of nitrogens with zero attached hydrogens (tertiary/aromatic N) is 1. The Hall–Kier alpha value is -3.69. The third kappa shape index (κ3) is 7.04. The van der Waals surface area contributed by atoms with Crippen LogP contribution in [0.4, 0.5) is 11.4 Å². The molecule has 0 aliphatic carbocycles. The second-order valence-corrected chi connectivity index (χ2v) is 12.4. The van der Waals surface area contributed by atoms with Gasteiger partial charge in [-0.05, 0) is 63.6 Å². The zero-order valence-electron chi connectivity index (χ0n) is 22.5. The van der Waals surface area contributed by atoms with Crippen molar-refractivity contribution in [1.82, 2.24) is 5.32 Å². The van der Waals surface area contributed by atoms with E-state index in [2.05, 4.69) is 10.6 Å². The third-order valence-electron chi connectivity index (χ3n) is 6.46. The third-order valence-corrected chi connectivity index (χ3v) is 8.23. The van der Waals surface area contributed by atoms with E-state index >= 15 is 0 Å². The van der Waals surface area contributed by atoms with Gasteiger partial charge in [-0.1, -0.05) is 60.7 Å². The van der Waals surface area contributed by atoms with E-state index in [1.54, 1.807) is 75.4 Å². The van der Waals surface area contributed by atoms with Crippen LogP contribution >= 0.6 is 0 Å². The van der Waals surface area contributed by atoms with Gasteiger partial charge in [0.15, 0.2) is 0 Å². The molecule has 39 heavy (non-hydrogen) atoms. The van der Waals surface area contributed by atoms with Gasteiger partial charge in [0.1, 0.15) is 5.60 Å². The number of sulfonamides is 1. The number of hydrogen-bond acceptors (Lipinski definition) is 6. The van der Waals surface area contributed by atoms with E-state index in [0.29, 0.717) is 30.9 Å². The molecule has 1 saturated heterocycles. The lowest BCUT2D eigenvalue weighted by atomic mass is 9.85. The van der Waals surface area contributed by atoms with Gasteiger partial charge in [-0.3, -0.25) is 13.9 Å². The SMILES string of the molecule is CC(C)(C)OC(=O)C1CNCCC1C(=O)Nc1ccccc1N(Cc1ccccc1)S(=O)(=O)c1ccccc1. The van der Waals surface area contributed by atoms with E-state index in [0.717, 1.165) is 5.56 Å². The number of hydrogen-bond donors (Lipinski definition) is 2. The summed E-state index contributed by atoms with van der Waals surface area (Å²) in [7, 11) is -3.98. The molecule has 206 valence electrons. The van der Waals surface area contributed by atoms with Crippen LogP contribution in [0.15, 0.2) is 89.8 Å². The van der Waals surface area contributed by atoms with Crippen LogP contribution in [-0.4, -0.2) is 39.0 Å². The van der Waals surface area contributed by atoms with E-state index in [1.807, 2.05) is 30.3 Å². The predicted octanol–water partition coefficient (Wildman–Crippen LogP) is 4.59. The molecule has 1 amide bonds. The molecule has 2 unspecified atom stereocenters. The number of nitrogens with one attached hydrogen (secondary N) is 2. The summed E-state index contributed by atoms with van der Waals surface area (Å²) in [6, 6.07) is 24.3. The smallest absolute Gasteiger partial charge is 0.311 e. The van der Waals surface area contributed by atoms with Crippen molar-refractivity contribution >= 4 is 33.3 Å². The van der Waals surface area contributed by atoms with Crippen LogP contribution in [0.2, 0.25) is 0 Å². The first-order chi connectivity index (χ1) is 18.6. The van der Waals surface area contributed by atoms with Crippen LogP contribution < -0.4 is 14.9 Å². The molecular weight excluding hydrogens is 514 g/mol. The first-order valence-electron chi connectivity index (χ1n) is 13.0. The van der Waals surface area contributed by atoms with Gasteiger partial charge in [-0.25, -0.2) is 8.42 Å². The highest BCUT2D eigenvalue weighted by atomic mass is 32.2. The maximum atomic E-state index is 13.9. The number of rotatable bonds is 8. The normalized spacial score (nSPS) is 17.7. The molecule has 0 spiro atoms. The molecule has 1 heterocycles. The van der Waals surface area contributed by atoms with Gasteiger partial charge in [-0.15, -0.1) is 0 Å². The Morgan fingerprint density at radius 2 is 1.54 bits per heavy atom. The minimum atomic E-state index is -3.98. The standard InChI is InChI=1S/C30H35N3O5S/c1-30(2,3)38-29(35)25-20-31-19-18-24(25)28(34)32-26-16-10-11-17-27(26)33(21-22-12-6-4-7-13-22)39(36,37)23-14-8-5-9-15-23/h4-17,24-25,31H,18-21H2,1-3H3,(H,32,34). The van der Waals surface area contributed by atoms with Crippen LogP contribution in [0, 0.1) is 11.8 Å². The highest BCUT2D eigenvalue weighted by Crippen LogP contribution is 2.34. The van der Waals surface area contributed by atoms with Crippen molar-refractivity contribution in [3.05, 3.63) is 90.5 Å². The van der Waals surface area contributed by atoms with Crippen molar-refractivity contribution in [2.45, 2.75) is 44.2 Å². The minimum Gasteiger partial charge on any atom is -0.460 e. The molecule has 0 bridgehead atoms. The fourth-order valence-corrected chi connectivity index (χ4v) is 6.08. The van der Waals surface area contributed by atoms with Gasteiger partial charge in [0.25, 0.3) is 10.0 Å². The number of amides is 1. The molecule has 0 radical (unpaired) electrons. The predicted molar refractivity (Wildman–Crippen MR) is 152 cm³/mol. The van der Waals surface area contributed by atoms with Gasteiger partial charge >= 0.3 is 5.97 Å². The molecular formula is C30H35N3O5S. The molecule has 3 aromatic carbocycles. The summed E-state index contributed by atoms with van der Waals surface area (Å²) in [4.78, 5) is 26.6. The first-order valence-corrected chi connectivity index (χ1v) is 14.5. The van der Waals surface area contributed by atoms with E-state index in [4.69, 9.17) is 4.74 Å². The Bertz CT molecular complexity index is 1390. The minimum absolute atomic E-state index is 0.0683. The number of esters is 1. The summed E-state index contributed by atoms with van der Waals surface area (Å²) in [5, 5.41) is 6.11. The topological polar surface area (TPSA) is 105 Å². The number of anilines is 2. The maximum Gasteiger partial charge on any atom is 0.311 e. The Morgan fingerprint density at radius 1 is 0.923 bits per heavy atom. The molecule has 1 aliphatic rings. The van der Waals surface area contributed by atoms with Crippen molar-refractivity contribution < 1.29 is 22.7 Å². The number of piperidine rings is 1. The van der Waals surface area contributed by atoms with Gasteiger partial charge in [0, 0.05) is 6.54 Å². The van der Waals surface area contributed by atoms with Crippen LogP contribution in [0.25, 0.3) is 0 Å². The van der Waals surface area contributed by atoms with Crippen molar-refractivity contribution in [3.8, 4) is 0 Å². The van der Waals surface area contributed by atoms with Gasteiger partial charge in [0.2, 0.25) is 5.91 Å². The van der Waals surface area contributed by atoms with Crippen molar-refractivity contribution in [3.63, 3.8) is 0 Å². The summed E-state index contributed by atoms with van der Waals surface area (Å²) >= 11 is 0. The van der Waals surface area contributed by atoms with Gasteiger partial charge < -0.3 is 15.4 Å². The van der Waals surface area contributed by atoms with E-state index in [1.165, 1.54) is 4.31 Å². The number of carbonyl (C=O) groups is 2. The van der Waals surface area contributed by atoms with Crippen molar-refractivity contribution in [2.24, 2.45) is 11.8 Å². The fourth-order valence-electron chi connectivity index (χ4n) is 4.59. The average molecular weight is 550 g/mol. The molecule has 2 atom stereocenters. The zero-order valence-corrected chi connectivity index (χ0v) is 23.3. The van der Waals surface area contributed by atoms with E-state index in [-0.39, 0.29) is 17.3 Å². The quantitative estimate of drug-likeness (QED) is 0.399. The molecule has 3 aromatic rings. The van der Waals surface area contributed by atoms with Crippen molar-refractivity contribution in [1.29, 1.82) is 0 Å². The molecule has 0 saturated carbocycles. The Balaban J connectivity index is 1.68. The van der Waals surface area contributed by atoms with Crippen LogP contribution in [0.1, 0.15) is 32.8 Å². The zero-order chi connectivity index (χ0) is 28.0. The molecule has 4 rings (SSSR count). The second-order valence-electron chi connectivity index (χ2n) is 10.6. The number of carbonyl (C=O) groups excluding carboxylic acids is 2. The maximum absolute atomic E-state index is 13.9. The van der Waals surface area contributed by atoms with Gasteiger partial charge in [-0.2, -0.15) is 0 Å². The van der Waals surface area contributed by atoms with Crippen LogP contribution in [0.5, 0.6) is 0 Å². The molecule has 0 aromatic heterocycles. The molecule has 2 N–H and O–H groups in total. The Labute approximate surface area is 230 Å². The highest BCUT2D eigenvalue weighted by molar-refractivity contribution is 7.92. The Morgan fingerprint density at radius 3 is 2.21 bits per heavy atom. The first kappa shape index (κ1) is 28.3. The van der Waals surface area contributed by atoms with E-state index < -0.39 is 33.4 Å². The summed E-state index contributed by atoms with van der Waals surface area (Å²) < 4.78 is 34.7. The second kappa shape index (κ2) is 12.0. The number of ether oxygens (including phenoxy) is 1.